The van der Waals surface area contributed by atoms with Gasteiger partial charge < -0.3 is 5.43 Å². The van der Waals surface area contributed by atoms with Gasteiger partial charge in [0.25, 0.3) is 0 Å². The van der Waals surface area contributed by atoms with Gasteiger partial charge in [-0.1, -0.05) is 6.42 Å². The minimum atomic E-state index is 0.453. The molecule has 0 atom stereocenters. The Hall–Kier alpha value is -1.44. The fourth-order valence-corrected chi connectivity index (χ4v) is 3.23. The highest BCUT2D eigenvalue weighted by molar-refractivity contribution is 7.18. The molecule has 4 N–H and O–H groups in total. The van der Waals surface area contributed by atoms with Crippen molar-refractivity contribution in [2.24, 2.45) is 5.84 Å². The Morgan fingerprint density at radius 3 is 2.79 bits per heavy atom. The molecule has 0 amide bonds. The van der Waals surface area contributed by atoms with E-state index in [1.165, 1.54) is 24.1 Å². The van der Waals surface area contributed by atoms with Crippen molar-refractivity contribution in [1.29, 1.82) is 0 Å². The van der Waals surface area contributed by atoms with E-state index in [1.54, 1.807) is 11.3 Å². The lowest BCUT2D eigenvalue weighted by Crippen LogP contribution is -2.35. The molecule has 19 heavy (non-hydrogen) atoms. The second-order valence-corrected chi connectivity index (χ2v) is 6.01. The zero-order valence-electron chi connectivity index (χ0n) is 10.9. The first-order valence-corrected chi connectivity index (χ1v) is 7.34. The number of hydrogen-bond donors (Lipinski definition) is 3. The number of nitrogen functional groups attached to an aromatic ring is 1. The molecule has 3 rings (SSSR count). The molecule has 1 aliphatic rings. The molecule has 1 saturated heterocycles. The third-order valence-electron chi connectivity index (χ3n) is 3.27. The molecule has 7 heteroatoms. The molecule has 1 fully saturated rings. The summed E-state index contributed by atoms with van der Waals surface area (Å²) in [5, 5.41) is 3.28. The van der Waals surface area contributed by atoms with Gasteiger partial charge >= 0.3 is 0 Å². The Morgan fingerprint density at radius 1 is 1.26 bits per heavy atom. The van der Waals surface area contributed by atoms with Gasteiger partial charge in [0.1, 0.15) is 4.83 Å². The van der Waals surface area contributed by atoms with Crippen LogP contribution < -0.4 is 16.7 Å². The summed E-state index contributed by atoms with van der Waals surface area (Å²) < 4.78 is 0. The molecule has 1 aliphatic heterocycles. The van der Waals surface area contributed by atoms with Gasteiger partial charge in [-0.15, -0.1) is 11.3 Å². The van der Waals surface area contributed by atoms with Crippen molar-refractivity contribution >= 4 is 33.3 Å². The second-order valence-electron chi connectivity index (χ2n) is 4.78. The summed E-state index contributed by atoms with van der Waals surface area (Å²) in [5.74, 6) is 6.73. The van der Waals surface area contributed by atoms with E-state index >= 15 is 0 Å². The summed E-state index contributed by atoms with van der Waals surface area (Å²) in [5.41, 5.74) is 5.94. The molecule has 2 aromatic rings. The number of rotatable bonds is 3. The monoisotopic (exact) mass is 278 g/mol. The predicted octanol–water partition coefficient (Wildman–Crippen LogP) is 2.10. The smallest absolute Gasteiger partial charge is 0.240 e. The summed E-state index contributed by atoms with van der Waals surface area (Å²) in [6, 6.07) is 2.12. The number of aromatic nitrogens is 2. The van der Waals surface area contributed by atoms with Gasteiger partial charge in [-0.05, 0) is 25.8 Å². The Bertz CT molecular complexity index is 575. The lowest BCUT2D eigenvalue weighted by Gasteiger charge is -2.27. The molecule has 0 spiro atoms. The fraction of sp³-hybridized carbons (Fsp3) is 0.500. The van der Waals surface area contributed by atoms with Crippen molar-refractivity contribution in [3.8, 4) is 0 Å². The maximum Gasteiger partial charge on any atom is 0.240 e. The van der Waals surface area contributed by atoms with E-state index in [9.17, 15) is 0 Å². The lowest BCUT2D eigenvalue weighted by molar-refractivity contribution is 0.272. The lowest BCUT2D eigenvalue weighted by atomic mass is 10.2. The van der Waals surface area contributed by atoms with Crippen molar-refractivity contribution in [2.75, 3.05) is 23.9 Å². The van der Waals surface area contributed by atoms with E-state index in [4.69, 9.17) is 5.84 Å². The van der Waals surface area contributed by atoms with Gasteiger partial charge in [-0.3, -0.25) is 5.43 Å². The Labute approximate surface area is 116 Å². The van der Waals surface area contributed by atoms with Crippen molar-refractivity contribution in [3.05, 3.63) is 10.9 Å². The second kappa shape index (κ2) is 5.28. The first kappa shape index (κ1) is 12.6. The molecule has 0 bridgehead atoms. The molecule has 0 saturated carbocycles. The topological polar surface area (TPSA) is 79.1 Å². The van der Waals surface area contributed by atoms with Crippen LogP contribution in [-0.4, -0.2) is 28.1 Å². The first-order chi connectivity index (χ1) is 9.26. The van der Waals surface area contributed by atoms with Gasteiger partial charge in [0, 0.05) is 18.0 Å². The number of aryl methyl sites for hydroxylation is 1. The van der Waals surface area contributed by atoms with Crippen LogP contribution in [0.25, 0.3) is 10.2 Å². The van der Waals surface area contributed by atoms with Crippen LogP contribution in [0.2, 0.25) is 0 Å². The number of fused-ring (bicyclic) bond motifs is 1. The van der Waals surface area contributed by atoms with Crippen LogP contribution in [0.5, 0.6) is 0 Å². The summed E-state index contributed by atoms with van der Waals surface area (Å²) in [4.78, 5) is 11.0. The number of anilines is 2. The highest BCUT2D eigenvalue weighted by Crippen LogP contribution is 2.30. The molecule has 3 heterocycles. The van der Waals surface area contributed by atoms with Crippen molar-refractivity contribution in [1.82, 2.24) is 15.0 Å². The summed E-state index contributed by atoms with van der Waals surface area (Å²) >= 11 is 1.65. The molecule has 0 unspecified atom stereocenters. The summed E-state index contributed by atoms with van der Waals surface area (Å²) in [6.45, 7) is 4.19. The number of nitrogens with two attached hydrogens (primary N) is 1. The molecule has 2 aromatic heterocycles. The summed E-state index contributed by atoms with van der Waals surface area (Å²) in [6.07, 6.45) is 3.77. The highest BCUT2D eigenvalue weighted by Gasteiger charge is 2.15. The Balaban J connectivity index is 1.95. The van der Waals surface area contributed by atoms with E-state index in [-0.39, 0.29) is 0 Å². The Kier molecular flexibility index (Phi) is 3.50. The molecule has 0 radical (unpaired) electrons. The molecular weight excluding hydrogens is 260 g/mol. The van der Waals surface area contributed by atoms with Crippen LogP contribution in [0.4, 0.5) is 11.8 Å². The van der Waals surface area contributed by atoms with E-state index < -0.39 is 0 Å². The fourth-order valence-electron chi connectivity index (χ4n) is 2.35. The van der Waals surface area contributed by atoms with Crippen LogP contribution in [0.3, 0.4) is 0 Å². The average Bonchev–Trinajstić information content (AvgIpc) is 2.80. The third kappa shape index (κ3) is 2.63. The van der Waals surface area contributed by atoms with Crippen molar-refractivity contribution in [2.45, 2.75) is 26.2 Å². The molecular formula is C12H18N6S. The van der Waals surface area contributed by atoms with Crippen molar-refractivity contribution < 1.29 is 0 Å². The van der Waals surface area contributed by atoms with Gasteiger partial charge in [-0.2, -0.15) is 4.98 Å². The normalized spacial score (nSPS) is 16.7. The third-order valence-corrected chi connectivity index (χ3v) is 4.21. The average molecular weight is 278 g/mol. The van der Waals surface area contributed by atoms with Crippen LogP contribution in [0.15, 0.2) is 6.07 Å². The van der Waals surface area contributed by atoms with Gasteiger partial charge in [0.05, 0.1) is 5.39 Å². The maximum atomic E-state index is 5.44. The van der Waals surface area contributed by atoms with Crippen LogP contribution in [0.1, 0.15) is 24.1 Å². The van der Waals surface area contributed by atoms with E-state index in [0.717, 1.165) is 29.1 Å². The van der Waals surface area contributed by atoms with Crippen molar-refractivity contribution in [3.63, 3.8) is 0 Å². The number of nitrogens with one attached hydrogen (secondary N) is 2. The van der Waals surface area contributed by atoms with Crippen LogP contribution >= 0.6 is 11.3 Å². The predicted molar refractivity (Wildman–Crippen MR) is 79.0 cm³/mol. The largest absolute Gasteiger partial charge is 0.302 e. The first-order valence-electron chi connectivity index (χ1n) is 6.52. The highest BCUT2D eigenvalue weighted by atomic mass is 32.1. The minimum absolute atomic E-state index is 0.453. The van der Waals surface area contributed by atoms with Gasteiger partial charge in [-0.25, -0.2) is 15.8 Å². The van der Waals surface area contributed by atoms with E-state index in [1.807, 2.05) is 0 Å². The molecule has 6 nitrogen and oxygen atoms in total. The standard InChI is InChI=1S/C12H18N6S/c1-8-7-9-10(17-18-5-3-2-4-6-18)14-12(16-13)15-11(9)19-8/h7H,2-6,13H2,1H3,(H2,14,15,16,17). The molecule has 0 aliphatic carbocycles. The minimum Gasteiger partial charge on any atom is -0.302 e. The van der Waals surface area contributed by atoms with Gasteiger partial charge in [0.15, 0.2) is 5.82 Å². The van der Waals surface area contributed by atoms with Crippen LogP contribution in [-0.2, 0) is 0 Å². The zero-order valence-corrected chi connectivity index (χ0v) is 11.8. The van der Waals surface area contributed by atoms with Crippen LogP contribution in [0, 0.1) is 6.92 Å². The zero-order chi connectivity index (χ0) is 13.2. The molecule has 0 aromatic carbocycles. The SMILES string of the molecule is Cc1cc2c(NN3CCCCC3)nc(NN)nc2s1. The summed E-state index contributed by atoms with van der Waals surface area (Å²) in [7, 11) is 0. The number of piperidine rings is 1. The Morgan fingerprint density at radius 2 is 2.05 bits per heavy atom. The number of thiophene rings is 1. The number of hydrazine groups is 2. The van der Waals surface area contributed by atoms with E-state index in [2.05, 4.69) is 38.8 Å². The van der Waals surface area contributed by atoms with E-state index in [0.29, 0.717) is 5.95 Å². The number of nitrogens with zero attached hydrogens (tertiary/aromatic N) is 3. The number of hydrogen-bond acceptors (Lipinski definition) is 7. The quantitative estimate of drug-likeness (QED) is 0.589. The molecule has 102 valence electrons. The maximum absolute atomic E-state index is 5.44. The van der Waals surface area contributed by atoms with Gasteiger partial charge in [0.2, 0.25) is 5.95 Å².